The lowest BCUT2D eigenvalue weighted by atomic mass is 10.1. The highest BCUT2D eigenvalue weighted by Crippen LogP contribution is 2.11. The van der Waals surface area contributed by atoms with Crippen LogP contribution in [-0.4, -0.2) is 18.2 Å². The predicted molar refractivity (Wildman–Crippen MR) is 69.1 cm³/mol. The molecular formula is C14H20FNO2. The number of amides is 1. The maximum atomic E-state index is 13.0. The van der Waals surface area contributed by atoms with Gasteiger partial charge in [-0.05, 0) is 57.4 Å². The minimum Gasteiger partial charge on any atom is -0.444 e. The molecule has 0 atom stereocenters. The smallest absolute Gasteiger partial charge is 0.407 e. The van der Waals surface area contributed by atoms with E-state index in [-0.39, 0.29) is 5.82 Å². The number of hydrogen-bond donors (Lipinski definition) is 1. The van der Waals surface area contributed by atoms with Gasteiger partial charge in [0.25, 0.3) is 0 Å². The molecule has 0 aliphatic carbocycles. The normalized spacial score (nSPS) is 11.2. The average molecular weight is 253 g/mol. The summed E-state index contributed by atoms with van der Waals surface area (Å²) < 4.78 is 18.1. The molecule has 0 unspecified atom stereocenters. The highest BCUT2D eigenvalue weighted by Gasteiger charge is 2.15. The highest BCUT2D eigenvalue weighted by atomic mass is 19.1. The molecule has 0 heterocycles. The van der Waals surface area contributed by atoms with Gasteiger partial charge in [-0.2, -0.15) is 0 Å². The third-order valence-corrected chi connectivity index (χ3v) is 2.37. The fourth-order valence-corrected chi connectivity index (χ4v) is 1.52. The SMILES string of the molecule is Cc1ccc(F)cc1CCNC(=O)OC(C)(C)C. The van der Waals surface area contributed by atoms with E-state index in [4.69, 9.17) is 4.74 Å². The minimum absolute atomic E-state index is 0.257. The molecule has 0 saturated carbocycles. The number of hydrogen-bond acceptors (Lipinski definition) is 2. The second-order valence-electron chi connectivity index (χ2n) is 5.25. The Bertz CT molecular complexity index is 424. The molecule has 4 heteroatoms. The molecule has 0 fully saturated rings. The van der Waals surface area contributed by atoms with Crippen LogP contribution in [0.3, 0.4) is 0 Å². The topological polar surface area (TPSA) is 38.3 Å². The van der Waals surface area contributed by atoms with E-state index in [1.54, 1.807) is 6.07 Å². The van der Waals surface area contributed by atoms with Crippen molar-refractivity contribution >= 4 is 6.09 Å². The van der Waals surface area contributed by atoms with Gasteiger partial charge in [0.1, 0.15) is 11.4 Å². The number of ether oxygens (including phenoxy) is 1. The molecule has 100 valence electrons. The average Bonchev–Trinajstić information content (AvgIpc) is 2.20. The van der Waals surface area contributed by atoms with E-state index < -0.39 is 11.7 Å². The van der Waals surface area contributed by atoms with Gasteiger partial charge in [0.15, 0.2) is 0 Å². The number of rotatable bonds is 3. The van der Waals surface area contributed by atoms with E-state index in [1.165, 1.54) is 12.1 Å². The van der Waals surface area contributed by atoms with Crippen LogP contribution in [0.5, 0.6) is 0 Å². The van der Waals surface area contributed by atoms with Gasteiger partial charge in [0, 0.05) is 6.54 Å². The van der Waals surface area contributed by atoms with Gasteiger partial charge in [-0.3, -0.25) is 0 Å². The Labute approximate surface area is 107 Å². The standard InChI is InChI=1S/C14H20FNO2/c1-10-5-6-12(15)9-11(10)7-8-16-13(17)18-14(2,3)4/h5-6,9H,7-8H2,1-4H3,(H,16,17). The zero-order valence-corrected chi connectivity index (χ0v) is 11.3. The number of carbonyl (C=O) groups excluding carboxylic acids is 1. The molecule has 1 rings (SSSR count). The number of carbonyl (C=O) groups is 1. The van der Waals surface area contributed by atoms with Crippen LogP contribution in [0.15, 0.2) is 18.2 Å². The van der Waals surface area contributed by atoms with E-state index in [9.17, 15) is 9.18 Å². The first-order valence-corrected chi connectivity index (χ1v) is 6.00. The number of nitrogens with one attached hydrogen (secondary N) is 1. The lowest BCUT2D eigenvalue weighted by molar-refractivity contribution is 0.0528. The molecule has 1 aromatic rings. The molecule has 3 nitrogen and oxygen atoms in total. The maximum absolute atomic E-state index is 13.0. The molecule has 0 aromatic heterocycles. The third-order valence-electron chi connectivity index (χ3n) is 2.37. The van der Waals surface area contributed by atoms with Crippen LogP contribution in [0.1, 0.15) is 31.9 Å². The lowest BCUT2D eigenvalue weighted by Gasteiger charge is -2.19. The molecule has 1 amide bonds. The summed E-state index contributed by atoms with van der Waals surface area (Å²) in [5, 5.41) is 2.65. The maximum Gasteiger partial charge on any atom is 0.407 e. The first kappa shape index (κ1) is 14.5. The molecule has 0 radical (unpaired) electrons. The summed E-state index contributed by atoms with van der Waals surface area (Å²) in [7, 11) is 0. The van der Waals surface area contributed by atoms with Crippen LogP contribution in [0.4, 0.5) is 9.18 Å². The zero-order valence-electron chi connectivity index (χ0n) is 11.3. The van der Waals surface area contributed by atoms with Gasteiger partial charge >= 0.3 is 6.09 Å². The Morgan fingerprint density at radius 1 is 1.39 bits per heavy atom. The van der Waals surface area contributed by atoms with Crippen LogP contribution in [0.2, 0.25) is 0 Å². The van der Waals surface area contributed by atoms with Crippen molar-refractivity contribution in [3.05, 3.63) is 35.1 Å². The van der Waals surface area contributed by atoms with Crippen molar-refractivity contribution < 1.29 is 13.9 Å². The summed E-state index contributed by atoms with van der Waals surface area (Å²) in [5.74, 6) is -0.257. The zero-order chi connectivity index (χ0) is 13.8. The second kappa shape index (κ2) is 5.85. The Morgan fingerprint density at radius 2 is 2.06 bits per heavy atom. The fourth-order valence-electron chi connectivity index (χ4n) is 1.52. The van der Waals surface area contributed by atoms with Gasteiger partial charge in [0.2, 0.25) is 0 Å². The Hall–Kier alpha value is -1.58. The van der Waals surface area contributed by atoms with Gasteiger partial charge in [-0.25, -0.2) is 9.18 Å². The van der Waals surface area contributed by atoms with E-state index in [0.717, 1.165) is 11.1 Å². The summed E-state index contributed by atoms with van der Waals surface area (Å²) in [5.41, 5.74) is 1.41. The van der Waals surface area contributed by atoms with Crippen molar-refractivity contribution in [2.24, 2.45) is 0 Å². The van der Waals surface area contributed by atoms with Gasteiger partial charge < -0.3 is 10.1 Å². The minimum atomic E-state index is -0.501. The quantitative estimate of drug-likeness (QED) is 0.898. The van der Waals surface area contributed by atoms with E-state index >= 15 is 0 Å². The summed E-state index contributed by atoms with van der Waals surface area (Å²) in [6.45, 7) is 7.78. The lowest BCUT2D eigenvalue weighted by Crippen LogP contribution is -2.33. The molecular weight excluding hydrogens is 233 g/mol. The monoisotopic (exact) mass is 253 g/mol. The van der Waals surface area contributed by atoms with Gasteiger partial charge in [-0.1, -0.05) is 6.07 Å². The first-order chi connectivity index (χ1) is 8.28. The molecule has 0 saturated heterocycles. The van der Waals surface area contributed by atoms with Crippen LogP contribution in [0.25, 0.3) is 0 Å². The van der Waals surface area contributed by atoms with Crippen molar-refractivity contribution in [1.82, 2.24) is 5.32 Å². The molecule has 0 spiro atoms. The highest BCUT2D eigenvalue weighted by molar-refractivity contribution is 5.67. The second-order valence-corrected chi connectivity index (χ2v) is 5.25. The van der Waals surface area contributed by atoms with Crippen LogP contribution < -0.4 is 5.32 Å². The van der Waals surface area contributed by atoms with Gasteiger partial charge in [0.05, 0.1) is 0 Å². The van der Waals surface area contributed by atoms with Crippen LogP contribution in [0, 0.1) is 12.7 Å². The number of aryl methyl sites for hydroxylation is 1. The van der Waals surface area contributed by atoms with E-state index in [2.05, 4.69) is 5.32 Å². The van der Waals surface area contributed by atoms with Crippen molar-refractivity contribution in [2.45, 2.75) is 39.7 Å². The van der Waals surface area contributed by atoms with E-state index in [0.29, 0.717) is 13.0 Å². The van der Waals surface area contributed by atoms with Crippen molar-refractivity contribution in [3.8, 4) is 0 Å². The molecule has 0 aliphatic heterocycles. The van der Waals surface area contributed by atoms with Crippen molar-refractivity contribution in [3.63, 3.8) is 0 Å². The first-order valence-electron chi connectivity index (χ1n) is 6.00. The predicted octanol–water partition coefficient (Wildman–Crippen LogP) is 3.20. The number of halogens is 1. The summed E-state index contributed by atoms with van der Waals surface area (Å²) >= 11 is 0. The third kappa shape index (κ3) is 5.17. The molecule has 18 heavy (non-hydrogen) atoms. The summed E-state index contributed by atoms with van der Waals surface area (Å²) in [6, 6.07) is 4.66. The summed E-state index contributed by atoms with van der Waals surface area (Å²) in [6.07, 6.45) is 0.139. The van der Waals surface area contributed by atoms with Crippen LogP contribution >= 0.6 is 0 Å². The van der Waals surface area contributed by atoms with E-state index in [1.807, 2.05) is 27.7 Å². The Balaban J connectivity index is 2.42. The largest absolute Gasteiger partial charge is 0.444 e. The number of alkyl carbamates (subject to hydrolysis) is 1. The number of benzene rings is 1. The Kier molecular flexibility index (Phi) is 4.70. The molecule has 1 N–H and O–H groups in total. The van der Waals surface area contributed by atoms with Crippen LogP contribution in [-0.2, 0) is 11.2 Å². The summed E-state index contributed by atoms with van der Waals surface area (Å²) in [4.78, 5) is 11.4. The van der Waals surface area contributed by atoms with Crippen molar-refractivity contribution in [2.75, 3.05) is 6.54 Å². The fraction of sp³-hybridized carbons (Fsp3) is 0.500. The molecule has 0 aliphatic rings. The molecule has 1 aromatic carbocycles. The molecule has 0 bridgehead atoms. The van der Waals surface area contributed by atoms with Crippen molar-refractivity contribution in [1.29, 1.82) is 0 Å². The van der Waals surface area contributed by atoms with Gasteiger partial charge in [-0.15, -0.1) is 0 Å². The Morgan fingerprint density at radius 3 is 2.67 bits per heavy atom.